The Kier molecular flexibility index (Phi) is 7.14. The summed E-state index contributed by atoms with van der Waals surface area (Å²) in [5.74, 6) is -1.35. The summed E-state index contributed by atoms with van der Waals surface area (Å²) < 4.78 is 51.3. The van der Waals surface area contributed by atoms with Crippen molar-refractivity contribution >= 4 is 27.6 Å². The lowest BCUT2D eigenvalue weighted by atomic mass is 9.95. The highest BCUT2D eigenvalue weighted by Gasteiger charge is 2.52. The van der Waals surface area contributed by atoms with E-state index in [0.29, 0.717) is 25.1 Å². The maximum absolute atomic E-state index is 13.7. The number of amides is 1. The lowest BCUT2D eigenvalue weighted by molar-refractivity contribution is -0.146. The van der Waals surface area contributed by atoms with Crippen LogP contribution in [0.1, 0.15) is 38.2 Å². The predicted octanol–water partition coefficient (Wildman–Crippen LogP) is 3.47. The Balaban J connectivity index is 1.36. The molecule has 35 heavy (non-hydrogen) atoms. The zero-order valence-electron chi connectivity index (χ0n) is 19.8. The highest BCUT2D eigenvalue weighted by molar-refractivity contribution is 7.89. The number of methoxy groups -OCH3 is 1. The van der Waals surface area contributed by atoms with Crippen molar-refractivity contribution in [3.05, 3.63) is 53.8 Å². The van der Waals surface area contributed by atoms with E-state index in [1.807, 2.05) is 12.1 Å². The van der Waals surface area contributed by atoms with E-state index >= 15 is 0 Å². The van der Waals surface area contributed by atoms with E-state index in [1.54, 1.807) is 19.1 Å². The van der Waals surface area contributed by atoms with Gasteiger partial charge >= 0.3 is 5.97 Å². The summed E-state index contributed by atoms with van der Waals surface area (Å²) in [5.41, 5.74) is 0.916. The molecule has 2 aliphatic rings. The minimum absolute atomic E-state index is 0.0747. The molecule has 1 heterocycles. The number of esters is 1. The molecule has 0 bridgehead atoms. The minimum atomic E-state index is -3.96. The van der Waals surface area contributed by atoms with Crippen molar-refractivity contribution < 1.29 is 31.9 Å². The molecule has 10 heteroatoms. The first-order valence-corrected chi connectivity index (χ1v) is 13.1. The predicted molar refractivity (Wildman–Crippen MR) is 127 cm³/mol. The number of piperidine rings is 1. The smallest absolute Gasteiger partial charge is 0.316 e. The van der Waals surface area contributed by atoms with Crippen LogP contribution in [0.5, 0.6) is 5.75 Å². The Morgan fingerprint density at radius 2 is 1.77 bits per heavy atom. The van der Waals surface area contributed by atoms with E-state index < -0.39 is 21.3 Å². The molecule has 1 N–H and O–H groups in total. The quantitative estimate of drug-likeness (QED) is 0.553. The van der Waals surface area contributed by atoms with Crippen molar-refractivity contribution in [2.45, 2.75) is 42.9 Å². The molecule has 0 radical (unpaired) electrons. The highest BCUT2D eigenvalue weighted by atomic mass is 32.2. The molecule has 4 rings (SSSR count). The number of nitrogens with zero attached hydrogens (tertiary/aromatic N) is 1. The van der Waals surface area contributed by atoms with Crippen LogP contribution in [0.15, 0.2) is 47.4 Å². The first-order valence-electron chi connectivity index (χ1n) is 11.6. The van der Waals surface area contributed by atoms with Gasteiger partial charge in [-0.25, -0.2) is 12.8 Å². The van der Waals surface area contributed by atoms with E-state index in [2.05, 4.69) is 5.32 Å². The van der Waals surface area contributed by atoms with Gasteiger partial charge in [0.25, 0.3) is 0 Å². The zero-order chi connectivity index (χ0) is 25.2. The summed E-state index contributed by atoms with van der Waals surface area (Å²) in [5, 5.41) is 2.88. The maximum atomic E-state index is 13.7. The zero-order valence-corrected chi connectivity index (χ0v) is 20.6. The average Bonchev–Trinajstić information content (AvgIpc) is 3.67. The third-order valence-corrected chi connectivity index (χ3v) is 8.61. The maximum Gasteiger partial charge on any atom is 0.316 e. The van der Waals surface area contributed by atoms with Gasteiger partial charge in [-0.15, -0.1) is 0 Å². The van der Waals surface area contributed by atoms with Gasteiger partial charge in [-0.05, 0) is 68.5 Å². The Hall–Kier alpha value is -2.98. The Bertz CT molecular complexity index is 1200. The summed E-state index contributed by atoms with van der Waals surface area (Å²) in [7, 11) is -2.63. The third kappa shape index (κ3) is 5.04. The van der Waals surface area contributed by atoms with Crippen LogP contribution in [0.25, 0.3) is 0 Å². The van der Waals surface area contributed by atoms with Crippen molar-refractivity contribution in [1.82, 2.24) is 4.31 Å². The van der Waals surface area contributed by atoms with Crippen LogP contribution in [-0.4, -0.2) is 51.4 Å². The summed E-state index contributed by atoms with van der Waals surface area (Å²) in [4.78, 5) is 24.9. The third-order valence-electron chi connectivity index (χ3n) is 6.69. The Labute approximate surface area is 204 Å². The second-order valence-corrected chi connectivity index (χ2v) is 10.7. The Morgan fingerprint density at radius 1 is 1.11 bits per heavy atom. The first kappa shape index (κ1) is 25.1. The summed E-state index contributed by atoms with van der Waals surface area (Å²) in [6.07, 6.45) is 2.18. The number of hydrogen-bond acceptors (Lipinski definition) is 6. The second kappa shape index (κ2) is 9.94. The molecule has 8 nitrogen and oxygen atoms in total. The summed E-state index contributed by atoms with van der Waals surface area (Å²) in [6, 6.07) is 10.6. The van der Waals surface area contributed by atoms with Crippen LogP contribution in [0.4, 0.5) is 10.1 Å². The standard InChI is InChI=1S/C25H29FN2O6S/c1-3-34-24(30)25(12-13-25)18-4-7-20(8-5-18)27-23(29)17-10-14-28(15-11-17)35(31,32)22-16-19(26)6-9-21(22)33-2/h4-9,16-17H,3,10-15H2,1-2H3,(H,27,29). The SMILES string of the molecule is CCOC(=O)C1(c2ccc(NC(=O)C3CCN(S(=O)(=O)c4cc(F)ccc4OC)CC3)cc2)CC1. The van der Waals surface area contributed by atoms with E-state index in [4.69, 9.17) is 9.47 Å². The number of hydrogen-bond donors (Lipinski definition) is 1. The van der Waals surface area contributed by atoms with Crippen molar-refractivity contribution in [2.75, 3.05) is 32.1 Å². The number of carbonyl (C=O) groups is 2. The number of anilines is 1. The number of nitrogens with one attached hydrogen (secondary N) is 1. The van der Waals surface area contributed by atoms with Crippen LogP contribution in [0.2, 0.25) is 0 Å². The molecule has 0 spiro atoms. The molecular formula is C25H29FN2O6S. The molecule has 2 aromatic rings. The fourth-order valence-corrected chi connectivity index (χ4v) is 6.11. The normalized spacial score (nSPS) is 18.0. The molecule has 2 fully saturated rings. The lowest BCUT2D eigenvalue weighted by Crippen LogP contribution is -2.41. The van der Waals surface area contributed by atoms with Crippen molar-refractivity contribution in [3.63, 3.8) is 0 Å². The molecule has 1 amide bonds. The molecule has 1 aliphatic heterocycles. The van der Waals surface area contributed by atoms with Crippen molar-refractivity contribution in [2.24, 2.45) is 5.92 Å². The molecule has 0 unspecified atom stereocenters. The fourth-order valence-electron chi connectivity index (χ4n) is 4.47. The largest absolute Gasteiger partial charge is 0.495 e. The molecule has 2 aromatic carbocycles. The van der Waals surface area contributed by atoms with E-state index in [1.165, 1.54) is 17.5 Å². The fraction of sp³-hybridized carbons (Fsp3) is 0.440. The van der Waals surface area contributed by atoms with Crippen LogP contribution < -0.4 is 10.1 Å². The lowest BCUT2D eigenvalue weighted by Gasteiger charge is -2.31. The van der Waals surface area contributed by atoms with E-state index in [-0.39, 0.29) is 41.5 Å². The van der Waals surface area contributed by atoms with Gasteiger partial charge < -0.3 is 14.8 Å². The highest BCUT2D eigenvalue weighted by Crippen LogP contribution is 2.49. The number of sulfonamides is 1. The van der Waals surface area contributed by atoms with Crippen molar-refractivity contribution in [3.8, 4) is 5.75 Å². The summed E-state index contributed by atoms with van der Waals surface area (Å²) in [6.45, 7) is 2.40. The first-order chi connectivity index (χ1) is 16.7. The number of benzene rings is 2. The summed E-state index contributed by atoms with van der Waals surface area (Å²) >= 11 is 0. The van der Waals surface area contributed by atoms with Gasteiger partial charge in [-0.2, -0.15) is 4.31 Å². The molecule has 0 aromatic heterocycles. The van der Waals surface area contributed by atoms with Crippen LogP contribution in [0, 0.1) is 11.7 Å². The van der Waals surface area contributed by atoms with Gasteiger partial charge in [-0.1, -0.05) is 12.1 Å². The number of carbonyl (C=O) groups excluding carboxylic acids is 2. The molecule has 188 valence electrons. The van der Waals surface area contributed by atoms with E-state index in [0.717, 1.165) is 30.5 Å². The number of halogens is 1. The number of ether oxygens (including phenoxy) is 2. The minimum Gasteiger partial charge on any atom is -0.495 e. The van der Waals surface area contributed by atoms with Gasteiger partial charge in [0, 0.05) is 24.7 Å². The average molecular weight is 505 g/mol. The molecule has 0 atom stereocenters. The molecule has 1 aliphatic carbocycles. The molecular weight excluding hydrogens is 475 g/mol. The van der Waals surface area contributed by atoms with Gasteiger partial charge in [0.15, 0.2) is 0 Å². The topological polar surface area (TPSA) is 102 Å². The number of rotatable bonds is 8. The molecule has 1 saturated carbocycles. The van der Waals surface area contributed by atoms with Gasteiger partial charge in [0.05, 0.1) is 19.1 Å². The monoisotopic (exact) mass is 504 g/mol. The van der Waals surface area contributed by atoms with E-state index in [9.17, 15) is 22.4 Å². The van der Waals surface area contributed by atoms with Crippen LogP contribution in [-0.2, 0) is 29.8 Å². The Morgan fingerprint density at radius 3 is 2.34 bits per heavy atom. The van der Waals surface area contributed by atoms with Gasteiger partial charge in [0.1, 0.15) is 16.5 Å². The molecule has 1 saturated heterocycles. The second-order valence-electron chi connectivity index (χ2n) is 8.84. The van der Waals surface area contributed by atoms with Gasteiger partial charge in [-0.3, -0.25) is 9.59 Å². The van der Waals surface area contributed by atoms with Crippen LogP contribution >= 0.6 is 0 Å². The van der Waals surface area contributed by atoms with Gasteiger partial charge in [0.2, 0.25) is 15.9 Å². The van der Waals surface area contributed by atoms with Crippen LogP contribution in [0.3, 0.4) is 0 Å². The van der Waals surface area contributed by atoms with Crippen molar-refractivity contribution in [1.29, 1.82) is 0 Å².